The molecule has 18 heavy (non-hydrogen) atoms. The molecule has 4 nitrogen and oxygen atoms in total. The average molecular weight is 375 g/mol. The van der Waals surface area contributed by atoms with E-state index in [-0.39, 0.29) is 12.0 Å². The molecular weight excluding hydrogens is 366 g/mol. The van der Waals surface area contributed by atoms with Gasteiger partial charge in [0.05, 0.1) is 13.5 Å². The van der Waals surface area contributed by atoms with E-state index in [1.54, 1.807) is 22.6 Å². The number of hydrogen-bond acceptors (Lipinski definition) is 4. The second kappa shape index (κ2) is 5.72. The molecule has 8 heteroatoms. The maximum absolute atomic E-state index is 12.2. The molecule has 0 aliphatic carbocycles. The van der Waals surface area contributed by atoms with E-state index in [4.69, 9.17) is 0 Å². The zero-order valence-electron chi connectivity index (χ0n) is 9.47. The first-order chi connectivity index (χ1) is 8.23. The number of esters is 1. The molecule has 0 saturated carbocycles. The summed E-state index contributed by atoms with van der Waals surface area (Å²) in [7, 11) is 1.15. The van der Waals surface area contributed by atoms with Crippen molar-refractivity contribution in [3.63, 3.8) is 0 Å². The van der Waals surface area contributed by atoms with Gasteiger partial charge in [-0.3, -0.25) is 4.79 Å². The van der Waals surface area contributed by atoms with E-state index in [9.17, 15) is 18.0 Å². The van der Waals surface area contributed by atoms with Crippen LogP contribution in [0.3, 0.4) is 0 Å². The highest BCUT2D eigenvalue weighted by Crippen LogP contribution is 2.29. The van der Waals surface area contributed by atoms with Gasteiger partial charge in [0.25, 0.3) is 0 Å². The lowest BCUT2D eigenvalue weighted by Crippen LogP contribution is -2.20. The molecule has 0 radical (unpaired) electrons. The number of hydrogen-bond donors (Lipinski definition) is 0. The van der Waals surface area contributed by atoms with Gasteiger partial charge in [0.2, 0.25) is 0 Å². The molecule has 0 amide bonds. The van der Waals surface area contributed by atoms with E-state index in [1.807, 2.05) is 0 Å². The highest BCUT2D eigenvalue weighted by atomic mass is 127. The Morgan fingerprint density at radius 1 is 1.50 bits per heavy atom. The Balaban J connectivity index is 3.16. The Morgan fingerprint density at radius 2 is 2.11 bits per heavy atom. The summed E-state index contributed by atoms with van der Waals surface area (Å²) in [6, 6.07) is 1.12. The molecule has 0 saturated heterocycles. The molecule has 0 spiro atoms. The molecule has 0 bridgehead atoms. The van der Waals surface area contributed by atoms with Crippen LogP contribution in [-0.4, -0.2) is 24.4 Å². The van der Waals surface area contributed by atoms with Gasteiger partial charge in [-0.25, -0.2) is 4.98 Å². The van der Waals surface area contributed by atoms with Gasteiger partial charge >= 0.3 is 12.3 Å². The number of rotatable bonds is 3. The van der Waals surface area contributed by atoms with Gasteiger partial charge < -0.3 is 9.47 Å². The lowest BCUT2D eigenvalue weighted by atomic mass is 10.1. The molecule has 0 aromatic carbocycles. The highest BCUT2D eigenvalue weighted by molar-refractivity contribution is 14.1. The van der Waals surface area contributed by atoms with Crippen LogP contribution in [0.1, 0.15) is 11.3 Å². The number of ether oxygens (including phenoxy) is 2. The molecule has 0 atom stereocenters. The summed E-state index contributed by atoms with van der Waals surface area (Å²) in [4.78, 5) is 15.1. The second-order valence-corrected chi connectivity index (χ2v) is 4.41. The third kappa shape index (κ3) is 4.31. The first kappa shape index (κ1) is 15.0. The molecule has 1 rings (SSSR count). The first-order valence-electron chi connectivity index (χ1n) is 4.71. The van der Waals surface area contributed by atoms with Crippen molar-refractivity contribution in [2.45, 2.75) is 19.7 Å². The number of nitrogens with zero attached hydrogens (tertiary/aromatic N) is 1. The molecule has 1 aromatic heterocycles. The predicted octanol–water partition coefficient (Wildman–Crippen LogP) is 2.61. The lowest BCUT2D eigenvalue weighted by Gasteiger charge is -2.14. The van der Waals surface area contributed by atoms with Crippen LogP contribution >= 0.6 is 22.6 Å². The number of halogens is 4. The van der Waals surface area contributed by atoms with Gasteiger partial charge in [-0.15, -0.1) is 13.2 Å². The summed E-state index contributed by atoms with van der Waals surface area (Å²) < 4.78 is 45.4. The molecule has 0 fully saturated rings. The summed E-state index contributed by atoms with van der Waals surface area (Å²) in [5.41, 5.74) is 0.367. The Labute approximate surface area is 115 Å². The predicted molar refractivity (Wildman–Crippen MR) is 64.1 cm³/mol. The maximum atomic E-state index is 12.2. The maximum Gasteiger partial charge on any atom is 0.573 e. The van der Waals surface area contributed by atoms with Gasteiger partial charge in [-0.05, 0) is 29.5 Å². The molecule has 1 aromatic rings. The Bertz CT molecular complexity index is 462. The van der Waals surface area contributed by atoms with E-state index in [0.29, 0.717) is 9.39 Å². The number of alkyl halides is 3. The molecule has 100 valence electrons. The van der Waals surface area contributed by atoms with Crippen molar-refractivity contribution < 1.29 is 27.4 Å². The standard InChI is InChI=1S/C10H9F3INO3/c1-5-6(3-9(16)17-2)7(4-8(14)15-5)18-10(11,12)13/h4H,3H2,1-2H3. The smallest absolute Gasteiger partial charge is 0.469 e. The third-order valence-electron chi connectivity index (χ3n) is 2.03. The SMILES string of the molecule is COC(=O)Cc1c(OC(F)(F)F)cc(I)nc1C. The van der Waals surface area contributed by atoms with Crippen LogP contribution in [0.25, 0.3) is 0 Å². The van der Waals surface area contributed by atoms with Crippen LogP contribution in [0.15, 0.2) is 6.07 Å². The summed E-state index contributed by atoms with van der Waals surface area (Å²) in [6.07, 6.45) is -5.14. The fourth-order valence-corrected chi connectivity index (χ4v) is 1.93. The summed E-state index contributed by atoms with van der Waals surface area (Å²) in [6.45, 7) is 1.50. The van der Waals surface area contributed by atoms with Crippen molar-refractivity contribution in [1.82, 2.24) is 4.98 Å². The number of methoxy groups -OCH3 is 1. The molecule has 1 heterocycles. The van der Waals surface area contributed by atoms with Crippen LogP contribution in [0.4, 0.5) is 13.2 Å². The quantitative estimate of drug-likeness (QED) is 0.463. The van der Waals surface area contributed by atoms with Crippen molar-refractivity contribution in [1.29, 1.82) is 0 Å². The van der Waals surface area contributed by atoms with Gasteiger partial charge in [-0.2, -0.15) is 0 Å². The topological polar surface area (TPSA) is 48.4 Å². The number of carbonyl (C=O) groups excluding carboxylic acids is 1. The van der Waals surface area contributed by atoms with Crippen LogP contribution in [0.5, 0.6) is 5.75 Å². The minimum atomic E-state index is -4.82. The lowest BCUT2D eigenvalue weighted by molar-refractivity contribution is -0.275. The van der Waals surface area contributed by atoms with Crippen molar-refractivity contribution >= 4 is 28.6 Å². The van der Waals surface area contributed by atoms with Gasteiger partial charge in [-0.1, -0.05) is 0 Å². The number of aryl methyl sites for hydroxylation is 1. The molecular formula is C10H9F3INO3. The number of carbonyl (C=O) groups is 1. The molecule has 0 aliphatic heterocycles. The van der Waals surface area contributed by atoms with Crippen molar-refractivity contribution in [2.75, 3.05) is 7.11 Å². The minimum absolute atomic E-state index is 0.0691. The second-order valence-electron chi connectivity index (χ2n) is 3.31. The summed E-state index contributed by atoms with van der Waals surface area (Å²) in [5, 5.41) is 0. The van der Waals surface area contributed by atoms with Crippen molar-refractivity contribution in [3.05, 3.63) is 21.0 Å². The van der Waals surface area contributed by atoms with Crippen LogP contribution in [0.2, 0.25) is 0 Å². The third-order valence-corrected chi connectivity index (χ3v) is 2.59. The van der Waals surface area contributed by atoms with E-state index >= 15 is 0 Å². The normalized spacial score (nSPS) is 11.2. The molecule has 0 N–H and O–H groups in total. The van der Waals surface area contributed by atoms with Crippen LogP contribution in [0, 0.1) is 10.6 Å². The van der Waals surface area contributed by atoms with Crippen molar-refractivity contribution in [3.8, 4) is 5.75 Å². The molecule has 0 unspecified atom stereocenters. The Morgan fingerprint density at radius 3 is 2.61 bits per heavy atom. The average Bonchev–Trinajstić information content (AvgIpc) is 2.20. The van der Waals surface area contributed by atoms with Gasteiger partial charge in [0.15, 0.2) is 0 Å². The van der Waals surface area contributed by atoms with Crippen LogP contribution in [-0.2, 0) is 16.0 Å². The minimum Gasteiger partial charge on any atom is -0.469 e. The zero-order chi connectivity index (χ0) is 13.9. The number of aromatic nitrogens is 1. The van der Waals surface area contributed by atoms with Crippen LogP contribution < -0.4 is 4.74 Å². The van der Waals surface area contributed by atoms with E-state index < -0.39 is 18.1 Å². The summed E-state index contributed by atoms with van der Waals surface area (Å²) >= 11 is 1.77. The van der Waals surface area contributed by atoms with E-state index in [2.05, 4.69) is 14.5 Å². The largest absolute Gasteiger partial charge is 0.573 e. The number of pyridine rings is 1. The van der Waals surface area contributed by atoms with Gasteiger partial charge in [0, 0.05) is 17.3 Å². The van der Waals surface area contributed by atoms with E-state index in [1.165, 1.54) is 6.92 Å². The Kier molecular flexibility index (Phi) is 4.77. The highest BCUT2D eigenvalue weighted by Gasteiger charge is 2.33. The summed E-state index contributed by atoms with van der Waals surface area (Å²) in [5.74, 6) is -1.09. The Hall–Kier alpha value is -1.06. The fraction of sp³-hybridized carbons (Fsp3) is 0.400. The molecule has 0 aliphatic rings. The zero-order valence-corrected chi connectivity index (χ0v) is 11.6. The first-order valence-corrected chi connectivity index (χ1v) is 5.79. The fourth-order valence-electron chi connectivity index (χ4n) is 1.28. The van der Waals surface area contributed by atoms with Gasteiger partial charge in [0.1, 0.15) is 9.45 Å². The monoisotopic (exact) mass is 375 g/mol. The van der Waals surface area contributed by atoms with E-state index in [0.717, 1.165) is 13.2 Å². The van der Waals surface area contributed by atoms with Crippen molar-refractivity contribution in [2.24, 2.45) is 0 Å².